The van der Waals surface area contributed by atoms with Crippen molar-refractivity contribution in [3.63, 3.8) is 0 Å². The molecule has 0 atom stereocenters. The van der Waals surface area contributed by atoms with Gasteiger partial charge in [-0.15, -0.1) is 0 Å². The van der Waals surface area contributed by atoms with Crippen LogP contribution in [0.15, 0.2) is 0 Å². The van der Waals surface area contributed by atoms with E-state index >= 15 is 0 Å². The number of likely N-dealkylation sites (tertiary alicyclic amines) is 1. The van der Waals surface area contributed by atoms with E-state index in [1.54, 1.807) is 0 Å². The summed E-state index contributed by atoms with van der Waals surface area (Å²) >= 11 is 5.09. The van der Waals surface area contributed by atoms with Gasteiger partial charge in [-0.05, 0) is 25.1 Å². The van der Waals surface area contributed by atoms with Crippen LogP contribution in [0.4, 0.5) is 0 Å². The summed E-state index contributed by atoms with van der Waals surface area (Å²) in [5.41, 5.74) is 5.75. The predicted molar refractivity (Wildman–Crippen MR) is 50.4 cm³/mol. The minimum atomic E-state index is 0.380. The Balaban J connectivity index is 2.33. The molecule has 0 spiro atoms. The Morgan fingerprint density at radius 1 is 1.55 bits per heavy atom. The second-order valence-electron chi connectivity index (χ2n) is 2.88. The first-order valence-corrected chi connectivity index (χ1v) is 4.37. The highest BCUT2D eigenvalue weighted by atomic mass is 32.1. The summed E-state index contributed by atoms with van der Waals surface area (Å²) in [6.45, 7) is 2.00. The quantitative estimate of drug-likeness (QED) is 0.503. The number of nitrogens with one attached hydrogen (secondary N) is 1. The van der Waals surface area contributed by atoms with Crippen molar-refractivity contribution in [3.05, 3.63) is 0 Å². The van der Waals surface area contributed by atoms with Crippen molar-refractivity contribution >= 4 is 17.3 Å². The molecule has 0 aromatic rings. The van der Waals surface area contributed by atoms with Crippen molar-refractivity contribution in [1.29, 1.82) is 0 Å². The van der Waals surface area contributed by atoms with Crippen molar-refractivity contribution < 1.29 is 0 Å². The predicted octanol–water partition coefficient (Wildman–Crippen LogP) is -0.0862. The lowest BCUT2D eigenvalue weighted by atomic mass is 10.1. The largest absolute Gasteiger partial charge is 0.366 e. The first-order valence-electron chi connectivity index (χ1n) is 3.96. The summed E-state index contributed by atoms with van der Waals surface area (Å²) in [6.07, 6.45) is 2.11. The molecule has 3 N–H and O–H groups in total. The van der Waals surface area contributed by atoms with Gasteiger partial charge in [-0.2, -0.15) is 0 Å². The van der Waals surface area contributed by atoms with E-state index in [0.29, 0.717) is 6.04 Å². The van der Waals surface area contributed by atoms with E-state index in [-0.39, 0.29) is 0 Å². The van der Waals surface area contributed by atoms with Crippen molar-refractivity contribution in [1.82, 2.24) is 10.2 Å². The fourth-order valence-electron chi connectivity index (χ4n) is 1.26. The first kappa shape index (κ1) is 8.74. The number of piperidine rings is 1. The molecular weight excluding hydrogens is 158 g/mol. The van der Waals surface area contributed by atoms with Gasteiger partial charge in [-0.3, -0.25) is 0 Å². The van der Waals surface area contributed by atoms with Gasteiger partial charge in [0.1, 0.15) is 0 Å². The minimum Gasteiger partial charge on any atom is -0.366 e. The molecule has 0 unspecified atom stereocenters. The average molecular weight is 173 g/mol. The van der Waals surface area contributed by atoms with Crippen LogP contribution in [0.25, 0.3) is 0 Å². The van der Waals surface area contributed by atoms with Crippen molar-refractivity contribution in [2.45, 2.75) is 18.9 Å². The highest BCUT2D eigenvalue weighted by molar-refractivity contribution is 7.80. The zero-order valence-corrected chi connectivity index (χ0v) is 7.66. The highest BCUT2D eigenvalue weighted by Crippen LogP contribution is 2.07. The van der Waals surface area contributed by atoms with Crippen LogP contribution in [-0.4, -0.2) is 36.2 Å². The monoisotopic (exact) mass is 173 g/mol. The van der Waals surface area contributed by atoms with Crippen LogP contribution in [0.3, 0.4) is 0 Å². The molecule has 4 heteroatoms. The highest BCUT2D eigenvalue weighted by Gasteiger charge is 2.16. The SMILES string of the molecule is CNC(=S)N1CCC(N)CC1. The summed E-state index contributed by atoms with van der Waals surface area (Å²) in [6, 6.07) is 0.380. The molecule has 1 saturated heterocycles. The van der Waals surface area contributed by atoms with Gasteiger partial charge in [0.05, 0.1) is 0 Å². The zero-order chi connectivity index (χ0) is 8.27. The molecule has 0 amide bonds. The molecular formula is C7H15N3S. The molecule has 11 heavy (non-hydrogen) atoms. The van der Waals surface area contributed by atoms with E-state index < -0.39 is 0 Å². The Bertz CT molecular complexity index is 141. The minimum absolute atomic E-state index is 0.380. The van der Waals surface area contributed by atoms with E-state index in [1.807, 2.05) is 7.05 Å². The number of rotatable bonds is 0. The summed E-state index contributed by atoms with van der Waals surface area (Å²) in [7, 11) is 1.86. The number of nitrogens with two attached hydrogens (primary N) is 1. The van der Waals surface area contributed by atoms with Gasteiger partial charge in [0, 0.05) is 26.2 Å². The lowest BCUT2D eigenvalue weighted by molar-refractivity contribution is 0.312. The van der Waals surface area contributed by atoms with E-state index in [4.69, 9.17) is 18.0 Å². The van der Waals surface area contributed by atoms with E-state index in [9.17, 15) is 0 Å². The molecule has 0 bridgehead atoms. The summed E-state index contributed by atoms with van der Waals surface area (Å²) in [5, 5.41) is 3.81. The lowest BCUT2D eigenvalue weighted by Gasteiger charge is -2.31. The number of nitrogens with zero attached hydrogens (tertiary/aromatic N) is 1. The number of hydrogen-bond acceptors (Lipinski definition) is 2. The third-order valence-corrected chi connectivity index (χ3v) is 2.50. The molecule has 3 nitrogen and oxygen atoms in total. The second kappa shape index (κ2) is 3.88. The molecule has 1 fully saturated rings. The third-order valence-electron chi connectivity index (χ3n) is 2.04. The average Bonchev–Trinajstić information content (AvgIpc) is 2.05. The van der Waals surface area contributed by atoms with Gasteiger partial charge in [0.2, 0.25) is 0 Å². The molecule has 0 saturated carbocycles. The molecule has 0 radical (unpaired) electrons. The Morgan fingerprint density at radius 3 is 2.55 bits per heavy atom. The van der Waals surface area contributed by atoms with Crippen LogP contribution in [0.1, 0.15) is 12.8 Å². The van der Waals surface area contributed by atoms with Crippen LogP contribution >= 0.6 is 12.2 Å². The van der Waals surface area contributed by atoms with Crippen molar-refractivity contribution in [3.8, 4) is 0 Å². The maximum atomic E-state index is 5.75. The van der Waals surface area contributed by atoms with E-state index in [2.05, 4.69) is 10.2 Å². The second-order valence-corrected chi connectivity index (χ2v) is 3.27. The molecule has 1 aliphatic rings. The molecule has 0 aromatic carbocycles. The van der Waals surface area contributed by atoms with E-state index in [0.717, 1.165) is 31.0 Å². The standard InChI is InChI=1S/C7H15N3S/c1-9-7(11)10-4-2-6(8)3-5-10/h6H,2-5,8H2,1H3,(H,9,11). The Hall–Kier alpha value is -0.350. The Labute approximate surface area is 72.9 Å². The van der Waals surface area contributed by atoms with Gasteiger partial charge in [0.25, 0.3) is 0 Å². The maximum Gasteiger partial charge on any atom is 0.168 e. The van der Waals surface area contributed by atoms with Crippen molar-refractivity contribution in [2.24, 2.45) is 5.73 Å². The summed E-state index contributed by atoms with van der Waals surface area (Å²) in [5.74, 6) is 0. The number of thiocarbonyl (C=S) groups is 1. The maximum absolute atomic E-state index is 5.75. The van der Waals surface area contributed by atoms with Gasteiger partial charge in [-0.25, -0.2) is 0 Å². The number of hydrogen-bond donors (Lipinski definition) is 2. The first-order chi connectivity index (χ1) is 5.24. The fraction of sp³-hybridized carbons (Fsp3) is 0.857. The van der Waals surface area contributed by atoms with Crippen molar-refractivity contribution in [2.75, 3.05) is 20.1 Å². The molecule has 0 aliphatic carbocycles. The van der Waals surface area contributed by atoms with Gasteiger partial charge in [0.15, 0.2) is 5.11 Å². The Morgan fingerprint density at radius 2 is 2.09 bits per heavy atom. The third kappa shape index (κ3) is 2.31. The molecule has 64 valence electrons. The van der Waals surface area contributed by atoms with Crippen LogP contribution < -0.4 is 11.1 Å². The zero-order valence-electron chi connectivity index (χ0n) is 6.84. The van der Waals surface area contributed by atoms with E-state index in [1.165, 1.54) is 0 Å². The summed E-state index contributed by atoms with van der Waals surface area (Å²) < 4.78 is 0. The molecule has 1 rings (SSSR count). The lowest BCUT2D eigenvalue weighted by Crippen LogP contribution is -2.46. The summed E-state index contributed by atoms with van der Waals surface area (Å²) in [4.78, 5) is 2.17. The Kier molecular flexibility index (Phi) is 3.08. The van der Waals surface area contributed by atoms with Gasteiger partial charge < -0.3 is 16.0 Å². The topological polar surface area (TPSA) is 41.3 Å². The van der Waals surface area contributed by atoms with Crippen LogP contribution in [-0.2, 0) is 0 Å². The molecule has 0 aromatic heterocycles. The fourth-order valence-corrected chi connectivity index (χ4v) is 1.44. The van der Waals surface area contributed by atoms with Crippen LogP contribution in [0.2, 0.25) is 0 Å². The smallest absolute Gasteiger partial charge is 0.168 e. The van der Waals surface area contributed by atoms with Crippen LogP contribution in [0.5, 0.6) is 0 Å². The normalized spacial score (nSPS) is 20.0. The molecule has 1 heterocycles. The van der Waals surface area contributed by atoms with Crippen LogP contribution in [0, 0.1) is 0 Å². The van der Waals surface area contributed by atoms with Gasteiger partial charge in [-0.1, -0.05) is 0 Å². The molecule has 1 aliphatic heterocycles. The van der Waals surface area contributed by atoms with Gasteiger partial charge >= 0.3 is 0 Å².